The van der Waals surface area contributed by atoms with E-state index >= 15 is 0 Å². The van der Waals surface area contributed by atoms with Gasteiger partial charge in [0, 0.05) is 11.3 Å². The molecule has 0 aliphatic rings. The summed E-state index contributed by atoms with van der Waals surface area (Å²) in [7, 11) is 0. The number of aryl methyl sites for hydroxylation is 1. The van der Waals surface area contributed by atoms with Gasteiger partial charge in [-0.05, 0) is 59.9 Å². The Hall–Kier alpha value is -3.42. The van der Waals surface area contributed by atoms with Crippen molar-refractivity contribution in [2.45, 2.75) is 26.8 Å². The highest BCUT2D eigenvalue weighted by molar-refractivity contribution is 7.22. The summed E-state index contributed by atoms with van der Waals surface area (Å²) in [5, 5.41) is 16.7. The van der Waals surface area contributed by atoms with Crippen LogP contribution in [0.15, 0.2) is 60.7 Å². The zero-order chi connectivity index (χ0) is 24.4. The standard InChI is InChI=1S/C26H24ClN3O3S/c1-14(2)22(25(32)33)30-24(31)19-12-9-17(13-15(19)3)16-7-10-18(11-8-16)28-26-29-21-6-4-5-20(27)23(21)34-26/h4-14,22H,1-3H3,(H,28,29)(H,30,31)(H,32,33)/t22-/m0/s1. The third-order valence-electron chi connectivity index (χ3n) is 5.53. The van der Waals surface area contributed by atoms with Crippen molar-refractivity contribution in [3.05, 3.63) is 76.8 Å². The maximum atomic E-state index is 12.6. The van der Waals surface area contributed by atoms with Crippen molar-refractivity contribution in [2.75, 3.05) is 5.32 Å². The van der Waals surface area contributed by atoms with Gasteiger partial charge in [0.1, 0.15) is 6.04 Å². The minimum Gasteiger partial charge on any atom is -0.480 e. The average Bonchev–Trinajstić information content (AvgIpc) is 3.21. The zero-order valence-corrected chi connectivity index (χ0v) is 20.5. The summed E-state index contributed by atoms with van der Waals surface area (Å²) in [6.45, 7) is 5.37. The summed E-state index contributed by atoms with van der Waals surface area (Å²) in [4.78, 5) is 28.6. The number of carboxylic acid groups (broad SMARTS) is 1. The molecular formula is C26H24ClN3O3S. The largest absolute Gasteiger partial charge is 0.480 e. The monoisotopic (exact) mass is 493 g/mol. The van der Waals surface area contributed by atoms with Crippen LogP contribution in [-0.4, -0.2) is 28.0 Å². The Morgan fingerprint density at radius 1 is 1.03 bits per heavy atom. The molecule has 0 fully saturated rings. The van der Waals surface area contributed by atoms with Crippen LogP contribution in [-0.2, 0) is 4.79 Å². The molecule has 0 aliphatic heterocycles. The Morgan fingerprint density at radius 3 is 2.35 bits per heavy atom. The summed E-state index contributed by atoms with van der Waals surface area (Å²) in [6, 6.07) is 18.2. The van der Waals surface area contributed by atoms with Crippen molar-refractivity contribution in [3.63, 3.8) is 0 Å². The van der Waals surface area contributed by atoms with Crippen molar-refractivity contribution in [1.82, 2.24) is 10.3 Å². The number of halogens is 1. The van der Waals surface area contributed by atoms with Crippen LogP contribution in [0.1, 0.15) is 29.8 Å². The predicted molar refractivity (Wildman–Crippen MR) is 138 cm³/mol. The van der Waals surface area contributed by atoms with Crippen LogP contribution in [0.2, 0.25) is 5.02 Å². The van der Waals surface area contributed by atoms with Gasteiger partial charge in [-0.3, -0.25) is 4.79 Å². The molecule has 4 rings (SSSR count). The minimum atomic E-state index is -1.04. The van der Waals surface area contributed by atoms with E-state index in [-0.39, 0.29) is 11.8 Å². The molecule has 6 nitrogen and oxygen atoms in total. The van der Waals surface area contributed by atoms with Gasteiger partial charge >= 0.3 is 5.97 Å². The minimum absolute atomic E-state index is 0.215. The van der Waals surface area contributed by atoms with Gasteiger partial charge in [-0.1, -0.05) is 67.1 Å². The van der Waals surface area contributed by atoms with Gasteiger partial charge in [-0.15, -0.1) is 0 Å². The number of aliphatic carboxylic acids is 1. The highest BCUT2D eigenvalue weighted by atomic mass is 35.5. The molecule has 34 heavy (non-hydrogen) atoms. The van der Waals surface area contributed by atoms with Gasteiger partial charge in [0.05, 0.1) is 15.2 Å². The molecule has 0 bridgehead atoms. The SMILES string of the molecule is Cc1cc(-c2ccc(Nc3nc4cccc(Cl)c4s3)cc2)ccc1C(=O)N[C@H](C(=O)O)C(C)C. The van der Waals surface area contributed by atoms with Gasteiger partial charge in [-0.25, -0.2) is 9.78 Å². The predicted octanol–water partition coefficient (Wildman–Crippen LogP) is 6.51. The number of amides is 1. The van der Waals surface area contributed by atoms with Crippen molar-refractivity contribution in [1.29, 1.82) is 0 Å². The maximum absolute atomic E-state index is 12.6. The molecule has 1 atom stereocenters. The third-order valence-corrected chi connectivity index (χ3v) is 6.97. The fraction of sp³-hybridized carbons (Fsp3) is 0.192. The molecule has 4 aromatic rings. The zero-order valence-electron chi connectivity index (χ0n) is 18.9. The summed E-state index contributed by atoms with van der Waals surface area (Å²) < 4.78 is 0.950. The van der Waals surface area contributed by atoms with Crippen LogP contribution < -0.4 is 10.6 Å². The molecule has 0 saturated carbocycles. The normalized spacial score (nSPS) is 12.0. The summed E-state index contributed by atoms with van der Waals surface area (Å²) in [5.41, 5.74) is 4.96. The average molecular weight is 494 g/mol. The fourth-order valence-corrected chi connectivity index (χ4v) is 4.84. The van der Waals surface area contributed by atoms with Crippen molar-refractivity contribution in [3.8, 4) is 11.1 Å². The van der Waals surface area contributed by atoms with Crippen molar-refractivity contribution in [2.24, 2.45) is 5.92 Å². The molecule has 0 saturated heterocycles. The number of carbonyl (C=O) groups is 2. The number of aromatic nitrogens is 1. The third kappa shape index (κ3) is 5.05. The van der Waals surface area contributed by atoms with E-state index < -0.39 is 12.0 Å². The molecule has 174 valence electrons. The maximum Gasteiger partial charge on any atom is 0.326 e. The number of nitrogens with one attached hydrogen (secondary N) is 2. The number of anilines is 2. The Bertz CT molecular complexity index is 1370. The molecular weight excluding hydrogens is 470 g/mol. The number of hydrogen-bond acceptors (Lipinski definition) is 5. The van der Waals surface area contributed by atoms with Crippen LogP contribution in [0.3, 0.4) is 0 Å². The Balaban J connectivity index is 1.49. The lowest BCUT2D eigenvalue weighted by atomic mass is 9.98. The molecule has 1 aromatic heterocycles. The van der Waals surface area contributed by atoms with Crippen LogP contribution in [0.5, 0.6) is 0 Å². The van der Waals surface area contributed by atoms with Gasteiger partial charge in [0.25, 0.3) is 5.91 Å². The molecule has 0 aliphatic carbocycles. The summed E-state index contributed by atoms with van der Waals surface area (Å²) in [6.07, 6.45) is 0. The number of benzene rings is 3. The molecule has 8 heteroatoms. The second-order valence-corrected chi connectivity index (χ2v) is 9.78. The first kappa shape index (κ1) is 23.7. The lowest BCUT2D eigenvalue weighted by Crippen LogP contribution is -2.44. The second kappa shape index (κ2) is 9.83. The Labute approximate surface area is 206 Å². The number of nitrogens with zero attached hydrogens (tertiary/aromatic N) is 1. The van der Waals surface area contributed by atoms with Crippen molar-refractivity contribution < 1.29 is 14.7 Å². The number of hydrogen-bond donors (Lipinski definition) is 3. The fourth-order valence-electron chi connectivity index (χ4n) is 3.67. The first-order valence-corrected chi connectivity index (χ1v) is 12.0. The number of carbonyl (C=O) groups excluding carboxylic acids is 1. The van der Waals surface area contributed by atoms with Gasteiger partial charge < -0.3 is 15.7 Å². The topological polar surface area (TPSA) is 91.3 Å². The number of fused-ring (bicyclic) bond motifs is 1. The van der Waals surface area contributed by atoms with E-state index in [0.29, 0.717) is 10.6 Å². The molecule has 1 amide bonds. The quantitative estimate of drug-likeness (QED) is 0.273. The molecule has 1 heterocycles. The first-order valence-electron chi connectivity index (χ1n) is 10.8. The lowest BCUT2D eigenvalue weighted by Gasteiger charge is -2.18. The van der Waals surface area contributed by atoms with Crippen molar-refractivity contribution >= 4 is 55.8 Å². The first-order chi connectivity index (χ1) is 16.2. The number of thiazole rings is 1. The van der Waals surface area contributed by atoms with Crippen LogP contribution >= 0.6 is 22.9 Å². The summed E-state index contributed by atoms with van der Waals surface area (Å²) in [5.74, 6) is -1.64. The lowest BCUT2D eigenvalue weighted by molar-refractivity contribution is -0.140. The molecule has 3 N–H and O–H groups in total. The Kier molecular flexibility index (Phi) is 6.86. The highest BCUT2D eigenvalue weighted by Gasteiger charge is 2.24. The van der Waals surface area contributed by atoms with Gasteiger partial charge in [-0.2, -0.15) is 0 Å². The molecule has 0 unspecified atom stereocenters. The van der Waals surface area contributed by atoms with E-state index in [1.54, 1.807) is 19.9 Å². The van der Waals surface area contributed by atoms with Crippen LogP contribution in [0.4, 0.5) is 10.8 Å². The van der Waals surface area contributed by atoms with E-state index in [0.717, 1.165) is 37.7 Å². The smallest absolute Gasteiger partial charge is 0.326 e. The highest BCUT2D eigenvalue weighted by Crippen LogP contribution is 2.33. The summed E-state index contributed by atoms with van der Waals surface area (Å²) >= 11 is 7.75. The van der Waals surface area contributed by atoms with E-state index in [4.69, 9.17) is 11.6 Å². The second-order valence-electron chi connectivity index (χ2n) is 8.37. The van der Waals surface area contributed by atoms with Crippen LogP contribution in [0.25, 0.3) is 21.3 Å². The van der Waals surface area contributed by atoms with E-state index in [2.05, 4.69) is 15.6 Å². The van der Waals surface area contributed by atoms with Crippen LogP contribution in [0, 0.1) is 12.8 Å². The number of rotatable bonds is 7. The van der Waals surface area contributed by atoms with Gasteiger partial charge in [0.2, 0.25) is 0 Å². The van der Waals surface area contributed by atoms with E-state index in [1.165, 1.54) is 11.3 Å². The molecule has 0 radical (unpaired) electrons. The molecule has 0 spiro atoms. The van der Waals surface area contributed by atoms with E-state index in [9.17, 15) is 14.7 Å². The van der Waals surface area contributed by atoms with E-state index in [1.807, 2.05) is 61.5 Å². The Morgan fingerprint density at radius 2 is 1.74 bits per heavy atom. The van der Waals surface area contributed by atoms with Gasteiger partial charge in [0.15, 0.2) is 5.13 Å². The number of carboxylic acids is 1. The molecule has 3 aromatic carbocycles.